The predicted octanol–water partition coefficient (Wildman–Crippen LogP) is 2.83. The molecule has 3 aromatic rings. The van der Waals surface area contributed by atoms with Gasteiger partial charge in [0.05, 0.1) is 6.20 Å². The predicted molar refractivity (Wildman–Crippen MR) is 117 cm³/mol. The summed E-state index contributed by atoms with van der Waals surface area (Å²) in [6.07, 6.45) is 4.13. The van der Waals surface area contributed by atoms with E-state index in [0.29, 0.717) is 5.82 Å². The molecule has 2 N–H and O–H groups in total. The highest BCUT2D eigenvalue weighted by molar-refractivity contribution is 5.85. The summed E-state index contributed by atoms with van der Waals surface area (Å²) in [6, 6.07) is 11.4. The van der Waals surface area contributed by atoms with Crippen molar-refractivity contribution in [2.45, 2.75) is 19.9 Å². The maximum Gasteiger partial charge on any atom is 0.356 e. The number of aromatic nitrogens is 3. The fraction of sp³-hybridized carbons (Fsp3) is 0.304. The minimum atomic E-state index is -1.07. The zero-order chi connectivity index (χ0) is 21.8. The molecule has 160 valence electrons. The number of nitrogens with zero attached hydrogens (tertiary/aromatic N) is 5. The number of piperazine rings is 1. The molecule has 8 nitrogen and oxygen atoms in total. The number of hydrogen-bond acceptors (Lipinski definition) is 7. The third-order valence-corrected chi connectivity index (χ3v) is 5.60. The molecule has 31 heavy (non-hydrogen) atoms. The van der Waals surface area contributed by atoms with Crippen LogP contribution in [-0.4, -0.2) is 62.4 Å². The Hall–Kier alpha value is -3.52. The van der Waals surface area contributed by atoms with E-state index < -0.39 is 5.97 Å². The van der Waals surface area contributed by atoms with Crippen LogP contribution in [0.4, 0.5) is 5.82 Å². The monoisotopic (exact) mass is 419 g/mol. The number of anilines is 1. The van der Waals surface area contributed by atoms with Gasteiger partial charge in [-0.25, -0.2) is 4.79 Å². The average molecular weight is 419 g/mol. The molecule has 1 aliphatic heterocycles. The Morgan fingerprint density at radius 1 is 0.968 bits per heavy atom. The first-order valence-corrected chi connectivity index (χ1v) is 10.3. The van der Waals surface area contributed by atoms with Crippen LogP contribution < -0.4 is 4.90 Å². The van der Waals surface area contributed by atoms with Gasteiger partial charge < -0.3 is 15.1 Å². The number of pyridine rings is 1. The minimum Gasteiger partial charge on any atom is -0.506 e. The van der Waals surface area contributed by atoms with Crippen molar-refractivity contribution in [3.8, 4) is 16.9 Å². The van der Waals surface area contributed by atoms with Crippen LogP contribution in [0.25, 0.3) is 11.1 Å². The molecule has 0 saturated carbocycles. The van der Waals surface area contributed by atoms with Crippen LogP contribution in [0.5, 0.6) is 5.75 Å². The van der Waals surface area contributed by atoms with Crippen LogP contribution in [-0.2, 0) is 13.0 Å². The maximum atomic E-state index is 10.9. The van der Waals surface area contributed by atoms with E-state index >= 15 is 0 Å². The number of carboxylic acid groups (broad SMARTS) is 1. The van der Waals surface area contributed by atoms with Crippen molar-refractivity contribution in [1.82, 2.24) is 20.1 Å². The van der Waals surface area contributed by atoms with Crippen LogP contribution in [0.15, 0.2) is 48.8 Å². The van der Waals surface area contributed by atoms with Crippen molar-refractivity contribution in [2.24, 2.45) is 0 Å². The van der Waals surface area contributed by atoms with Crippen molar-refractivity contribution in [3.05, 3.63) is 65.6 Å². The number of carboxylic acids is 1. The summed E-state index contributed by atoms with van der Waals surface area (Å²) in [7, 11) is 0. The quantitative estimate of drug-likeness (QED) is 0.629. The number of aryl methyl sites for hydroxylation is 1. The summed E-state index contributed by atoms with van der Waals surface area (Å²) < 4.78 is 0. The van der Waals surface area contributed by atoms with E-state index in [4.69, 9.17) is 5.11 Å². The topological polar surface area (TPSA) is 103 Å². The first-order chi connectivity index (χ1) is 15.0. The van der Waals surface area contributed by atoms with Crippen molar-refractivity contribution >= 4 is 11.8 Å². The fourth-order valence-electron chi connectivity index (χ4n) is 3.86. The van der Waals surface area contributed by atoms with Crippen LogP contribution in [0, 0.1) is 0 Å². The van der Waals surface area contributed by atoms with Gasteiger partial charge in [0.1, 0.15) is 5.75 Å². The van der Waals surface area contributed by atoms with E-state index in [1.54, 1.807) is 18.3 Å². The molecule has 8 heteroatoms. The lowest BCUT2D eigenvalue weighted by atomic mass is 9.98. The molecule has 1 aliphatic rings. The Balaban J connectivity index is 1.40. The van der Waals surface area contributed by atoms with Gasteiger partial charge in [-0.3, -0.25) is 9.88 Å². The summed E-state index contributed by atoms with van der Waals surface area (Å²) in [5.74, 6) is -0.190. The standard InChI is InChI=1S/C23H25N5O3/c1-2-16-11-17(19-12-20(29)14-24-13-19)3-4-18(16)15-27-7-9-28(10-8-27)22-6-5-21(23(30)31)25-26-22/h3-6,11-14,29H,2,7-10,15H2,1H3,(H,30,31). The number of carbonyl (C=O) groups is 1. The SMILES string of the molecule is CCc1cc(-c2cncc(O)c2)ccc1CN1CCN(c2ccc(C(=O)O)nn2)CC1. The lowest BCUT2D eigenvalue weighted by molar-refractivity contribution is 0.0689. The van der Waals surface area contributed by atoms with Crippen LogP contribution in [0.2, 0.25) is 0 Å². The van der Waals surface area contributed by atoms with Crippen molar-refractivity contribution in [1.29, 1.82) is 0 Å². The smallest absolute Gasteiger partial charge is 0.356 e. The molecule has 1 fully saturated rings. The molecule has 0 bridgehead atoms. The Morgan fingerprint density at radius 2 is 1.77 bits per heavy atom. The summed E-state index contributed by atoms with van der Waals surface area (Å²) in [5.41, 5.74) is 4.51. The number of benzene rings is 1. The highest BCUT2D eigenvalue weighted by Crippen LogP contribution is 2.26. The average Bonchev–Trinajstić information content (AvgIpc) is 2.80. The molecule has 0 aliphatic carbocycles. The molecule has 4 rings (SSSR count). The first kappa shape index (κ1) is 20.7. The van der Waals surface area contributed by atoms with Gasteiger partial charge in [0.2, 0.25) is 0 Å². The van der Waals surface area contributed by atoms with Crippen molar-refractivity contribution < 1.29 is 15.0 Å². The second-order valence-corrected chi connectivity index (χ2v) is 7.61. The molecule has 0 radical (unpaired) electrons. The van der Waals surface area contributed by atoms with E-state index in [1.165, 1.54) is 23.4 Å². The zero-order valence-electron chi connectivity index (χ0n) is 17.4. The van der Waals surface area contributed by atoms with Crippen LogP contribution in [0.1, 0.15) is 28.5 Å². The van der Waals surface area contributed by atoms with Crippen LogP contribution >= 0.6 is 0 Å². The summed E-state index contributed by atoms with van der Waals surface area (Å²) in [4.78, 5) is 19.6. The van der Waals surface area contributed by atoms with Gasteiger partial charge in [-0.1, -0.05) is 25.1 Å². The summed E-state index contributed by atoms with van der Waals surface area (Å²) in [5, 5.41) is 26.5. The molecule has 1 aromatic carbocycles. The second-order valence-electron chi connectivity index (χ2n) is 7.61. The Labute approximate surface area is 180 Å². The number of aromatic carboxylic acids is 1. The van der Waals surface area contributed by atoms with Gasteiger partial charge in [-0.15, -0.1) is 10.2 Å². The van der Waals surface area contributed by atoms with Gasteiger partial charge in [-0.2, -0.15) is 0 Å². The molecule has 0 amide bonds. The molecule has 2 aromatic heterocycles. The van der Waals surface area contributed by atoms with Crippen molar-refractivity contribution in [2.75, 3.05) is 31.1 Å². The Kier molecular flexibility index (Phi) is 6.08. The third-order valence-electron chi connectivity index (χ3n) is 5.60. The van der Waals surface area contributed by atoms with Gasteiger partial charge in [0, 0.05) is 44.5 Å². The maximum absolute atomic E-state index is 10.9. The summed E-state index contributed by atoms with van der Waals surface area (Å²) >= 11 is 0. The lowest BCUT2D eigenvalue weighted by Gasteiger charge is -2.35. The molecule has 3 heterocycles. The normalized spacial score (nSPS) is 14.5. The summed E-state index contributed by atoms with van der Waals surface area (Å²) in [6.45, 7) is 6.44. The zero-order valence-corrected chi connectivity index (χ0v) is 17.4. The Morgan fingerprint density at radius 3 is 2.42 bits per heavy atom. The van der Waals surface area contributed by atoms with Gasteiger partial charge in [0.15, 0.2) is 11.5 Å². The molecule has 0 spiro atoms. The highest BCUT2D eigenvalue weighted by atomic mass is 16.4. The molecule has 1 saturated heterocycles. The van der Waals surface area contributed by atoms with E-state index in [9.17, 15) is 9.90 Å². The van der Waals surface area contributed by atoms with E-state index in [0.717, 1.165) is 50.3 Å². The molecule has 0 atom stereocenters. The van der Waals surface area contributed by atoms with E-state index in [1.807, 2.05) is 0 Å². The van der Waals surface area contributed by atoms with E-state index in [2.05, 4.69) is 50.1 Å². The first-order valence-electron chi connectivity index (χ1n) is 10.3. The number of hydrogen-bond donors (Lipinski definition) is 2. The van der Waals surface area contributed by atoms with E-state index in [-0.39, 0.29) is 11.4 Å². The Bertz CT molecular complexity index is 1060. The fourth-order valence-corrected chi connectivity index (χ4v) is 3.86. The minimum absolute atomic E-state index is 0.0422. The lowest BCUT2D eigenvalue weighted by Crippen LogP contribution is -2.46. The number of aromatic hydroxyl groups is 1. The molecular weight excluding hydrogens is 394 g/mol. The van der Waals surface area contributed by atoms with Gasteiger partial charge >= 0.3 is 5.97 Å². The largest absolute Gasteiger partial charge is 0.506 e. The van der Waals surface area contributed by atoms with Crippen molar-refractivity contribution in [3.63, 3.8) is 0 Å². The third kappa shape index (κ3) is 4.80. The molecular formula is C23H25N5O3. The van der Waals surface area contributed by atoms with Gasteiger partial charge in [0.25, 0.3) is 0 Å². The second kappa shape index (κ2) is 9.09. The highest BCUT2D eigenvalue weighted by Gasteiger charge is 2.20. The van der Waals surface area contributed by atoms with Gasteiger partial charge in [-0.05, 0) is 41.3 Å². The van der Waals surface area contributed by atoms with Crippen LogP contribution in [0.3, 0.4) is 0 Å². The molecule has 0 unspecified atom stereocenters. The number of rotatable bonds is 6.